The van der Waals surface area contributed by atoms with E-state index in [0.717, 1.165) is 23.4 Å². The molecule has 1 aromatic carbocycles. The number of carbonyl (C=O) groups is 1. The fourth-order valence-electron chi connectivity index (χ4n) is 2.33. The Morgan fingerprint density at radius 2 is 2.19 bits per heavy atom. The lowest BCUT2D eigenvalue weighted by Crippen LogP contribution is -2.16. The summed E-state index contributed by atoms with van der Waals surface area (Å²) in [5.41, 5.74) is 1.77. The second kappa shape index (κ2) is 5.95. The number of benzene rings is 1. The number of aromatic nitrogens is 3. The van der Waals surface area contributed by atoms with Crippen molar-refractivity contribution in [3.63, 3.8) is 0 Å². The number of cyclic esters (lactones) is 1. The molecule has 1 saturated heterocycles. The number of esters is 1. The lowest BCUT2D eigenvalue weighted by atomic mass is 10.1. The van der Waals surface area contributed by atoms with Gasteiger partial charge >= 0.3 is 5.97 Å². The minimum Gasteiger partial charge on any atom is -0.494 e. The lowest BCUT2D eigenvalue weighted by molar-refractivity contribution is -0.141. The Hall–Kier alpha value is -2.37. The maximum Gasteiger partial charge on any atom is 0.306 e. The van der Waals surface area contributed by atoms with E-state index in [-0.39, 0.29) is 12.1 Å². The topological polar surface area (TPSA) is 66.2 Å². The molecule has 6 heteroatoms. The summed E-state index contributed by atoms with van der Waals surface area (Å²) in [6.07, 6.45) is 3.01. The predicted octanol–water partition coefficient (Wildman–Crippen LogP) is 2.05. The van der Waals surface area contributed by atoms with E-state index >= 15 is 0 Å². The molecule has 1 aliphatic rings. The van der Waals surface area contributed by atoms with Crippen molar-refractivity contribution >= 4 is 5.97 Å². The SMILES string of the molecule is CCOc1ccc(-c2cn(C[C@@H]3CCC(=O)O3)nn2)cc1. The minimum atomic E-state index is -0.133. The summed E-state index contributed by atoms with van der Waals surface area (Å²) < 4.78 is 12.3. The highest BCUT2D eigenvalue weighted by Gasteiger charge is 2.24. The first-order valence-electron chi connectivity index (χ1n) is 7.07. The molecule has 1 aliphatic heterocycles. The summed E-state index contributed by atoms with van der Waals surface area (Å²) in [6.45, 7) is 3.15. The summed E-state index contributed by atoms with van der Waals surface area (Å²) in [5, 5.41) is 8.24. The second-order valence-corrected chi connectivity index (χ2v) is 4.93. The fourth-order valence-corrected chi connectivity index (χ4v) is 2.33. The van der Waals surface area contributed by atoms with Crippen LogP contribution in [0.3, 0.4) is 0 Å². The molecule has 0 aliphatic carbocycles. The normalized spacial score (nSPS) is 17.8. The Bertz CT molecular complexity index is 621. The molecule has 21 heavy (non-hydrogen) atoms. The van der Waals surface area contributed by atoms with Gasteiger partial charge in [0.1, 0.15) is 17.5 Å². The first-order chi connectivity index (χ1) is 10.2. The zero-order chi connectivity index (χ0) is 14.7. The average molecular weight is 287 g/mol. The molecule has 6 nitrogen and oxygen atoms in total. The summed E-state index contributed by atoms with van der Waals surface area (Å²) in [7, 11) is 0. The average Bonchev–Trinajstić information content (AvgIpc) is 3.10. The maximum atomic E-state index is 11.1. The molecule has 110 valence electrons. The van der Waals surface area contributed by atoms with Gasteiger partial charge in [-0.1, -0.05) is 5.21 Å². The summed E-state index contributed by atoms with van der Waals surface area (Å²) in [6, 6.07) is 7.73. The highest BCUT2D eigenvalue weighted by atomic mass is 16.5. The van der Waals surface area contributed by atoms with Crippen LogP contribution >= 0.6 is 0 Å². The summed E-state index contributed by atoms with van der Waals surface area (Å²) in [4.78, 5) is 11.1. The van der Waals surface area contributed by atoms with Gasteiger partial charge in [-0.05, 0) is 37.6 Å². The number of ether oxygens (including phenoxy) is 2. The van der Waals surface area contributed by atoms with Crippen molar-refractivity contribution < 1.29 is 14.3 Å². The molecule has 0 unspecified atom stereocenters. The molecule has 0 radical (unpaired) electrons. The van der Waals surface area contributed by atoms with E-state index in [2.05, 4.69) is 10.3 Å². The molecule has 0 bridgehead atoms. The van der Waals surface area contributed by atoms with Gasteiger partial charge in [-0.25, -0.2) is 4.68 Å². The van der Waals surface area contributed by atoms with E-state index in [9.17, 15) is 4.79 Å². The van der Waals surface area contributed by atoms with E-state index in [4.69, 9.17) is 9.47 Å². The van der Waals surface area contributed by atoms with Crippen LogP contribution in [-0.4, -0.2) is 33.7 Å². The Balaban J connectivity index is 1.67. The van der Waals surface area contributed by atoms with Gasteiger partial charge in [0.25, 0.3) is 0 Å². The van der Waals surface area contributed by atoms with Crippen LogP contribution < -0.4 is 4.74 Å². The number of hydrogen-bond acceptors (Lipinski definition) is 5. The van der Waals surface area contributed by atoms with Gasteiger partial charge in [0, 0.05) is 12.0 Å². The molecule has 3 rings (SSSR count). The van der Waals surface area contributed by atoms with E-state index in [1.54, 1.807) is 4.68 Å². The molecule has 1 atom stereocenters. The van der Waals surface area contributed by atoms with E-state index in [1.807, 2.05) is 37.4 Å². The predicted molar refractivity (Wildman–Crippen MR) is 75.7 cm³/mol. The highest BCUT2D eigenvalue weighted by molar-refractivity contribution is 5.71. The largest absolute Gasteiger partial charge is 0.494 e. The Morgan fingerprint density at radius 3 is 2.86 bits per heavy atom. The molecule has 0 saturated carbocycles. The van der Waals surface area contributed by atoms with Crippen LogP contribution in [0.15, 0.2) is 30.5 Å². The van der Waals surface area contributed by atoms with Gasteiger partial charge < -0.3 is 9.47 Å². The Morgan fingerprint density at radius 1 is 1.38 bits per heavy atom. The first-order valence-corrected chi connectivity index (χ1v) is 7.07. The number of hydrogen-bond donors (Lipinski definition) is 0. The standard InChI is InChI=1S/C15H17N3O3/c1-2-20-12-5-3-11(4-6-12)14-10-18(17-16-14)9-13-7-8-15(19)21-13/h3-6,10,13H,2,7-9H2,1H3/t13-/m0/s1. The third-order valence-electron chi connectivity index (χ3n) is 3.36. The fraction of sp³-hybridized carbons (Fsp3) is 0.400. The first kappa shape index (κ1) is 13.6. The molecule has 2 aromatic rings. The Kier molecular flexibility index (Phi) is 3.85. The zero-order valence-corrected chi connectivity index (χ0v) is 11.9. The van der Waals surface area contributed by atoms with Crippen LogP contribution in [-0.2, 0) is 16.1 Å². The molecular weight excluding hydrogens is 270 g/mol. The number of nitrogens with zero attached hydrogens (tertiary/aromatic N) is 3. The maximum absolute atomic E-state index is 11.1. The number of rotatable bonds is 5. The Labute approximate surface area is 122 Å². The van der Waals surface area contributed by atoms with Crippen LogP contribution in [0.2, 0.25) is 0 Å². The van der Waals surface area contributed by atoms with Crippen LogP contribution in [0, 0.1) is 0 Å². The smallest absolute Gasteiger partial charge is 0.306 e. The van der Waals surface area contributed by atoms with Gasteiger partial charge in [-0.2, -0.15) is 0 Å². The third-order valence-corrected chi connectivity index (χ3v) is 3.36. The molecule has 0 N–H and O–H groups in total. The lowest BCUT2D eigenvalue weighted by Gasteiger charge is -2.07. The van der Waals surface area contributed by atoms with Gasteiger partial charge in [-0.15, -0.1) is 5.10 Å². The van der Waals surface area contributed by atoms with Crippen LogP contribution in [0.5, 0.6) is 5.75 Å². The summed E-state index contributed by atoms with van der Waals surface area (Å²) >= 11 is 0. The molecule has 0 spiro atoms. The molecule has 1 fully saturated rings. The molecule has 1 aromatic heterocycles. The van der Waals surface area contributed by atoms with Crippen molar-refractivity contribution in [2.24, 2.45) is 0 Å². The van der Waals surface area contributed by atoms with E-state index in [1.165, 1.54) is 0 Å². The van der Waals surface area contributed by atoms with Crippen LogP contribution in [0.4, 0.5) is 0 Å². The summed E-state index contributed by atoms with van der Waals surface area (Å²) in [5.74, 6) is 0.707. The number of carbonyl (C=O) groups excluding carboxylic acids is 1. The van der Waals surface area contributed by atoms with Crippen molar-refractivity contribution in [3.8, 4) is 17.0 Å². The second-order valence-electron chi connectivity index (χ2n) is 4.93. The van der Waals surface area contributed by atoms with E-state index in [0.29, 0.717) is 19.6 Å². The van der Waals surface area contributed by atoms with Crippen molar-refractivity contribution in [2.75, 3.05) is 6.61 Å². The molecule has 0 amide bonds. The van der Waals surface area contributed by atoms with Gasteiger partial charge in [0.2, 0.25) is 0 Å². The van der Waals surface area contributed by atoms with Crippen molar-refractivity contribution in [1.82, 2.24) is 15.0 Å². The van der Waals surface area contributed by atoms with Crippen LogP contribution in [0.1, 0.15) is 19.8 Å². The van der Waals surface area contributed by atoms with E-state index < -0.39 is 0 Å². The van der Waals surface area contributed by atoms with Crippen molar-refractivity contribution in [1.29, 1.82) is 0 Å². The quantitative estimate of drug-likeness (QED) is 0.787. The van der Waals surface area contributed by atoms with Crippen molar-refractivity contribution in [3.05, 3.63) is 30.5 Å². The zero-order valence-electron chi connectivity index (χ0n) is 11.9. The van der Waals surface area contributed by atoms with Gasteiger partial charge in [0.05, 0.1) is 19.3 Å². The highest BCUT2D eigenvalue weighted by Crippen LogP contribution is 2.21. The van der Waals surface area contributed by atoms with Crippen LogP contribution in [0.25, 0.3) is 11.3 Å². The molecule has 2 heterocycles. The van der Waals surface area contributed by atoms with Gasteiger partial charge in [0.15, 0.2) is 0 Å². The van der Waals surface area contributed by atoms with Gasteiger partial charge in [-0.3, -0.25) is 4.79 Å². The molecular formula is C15H17N3O3. The monoisotopic (exact) mass is 287 g/mol. The van der Waals surface area contributed by atoms with Crippen molar-refractivity contribution in [2.45, 2.75) is 32.4 Å². The minimum absolute atomic E-state index is 0.0904. The third kappa shape index (κ3) is 3.21.